The smallest absolute Gasteiger partial charge is 0.262 e. The van der Waals surface area contributed by atoms with Crippen molar-refractivity contribution in [1.29, 1.82) is 0 Å². The molecule has 2 amide bonds. The highest BCUT2D eigenvalue weighted by Crippen LogP contribution is 2.27. The van der Waals surface area contributed by atoms with Crippen molar-refractivity contribution in [3.05, 3.63) is 48.0 Å². The lowest BCUT2D eigenvalue weighted by molar-refractivity contribution is -0.118. The molecule has 2 N–H and O–H groups in total. The van der Waals surface area contributed by atoms with Gasteiger partial charge in [-0.15, -0.1) is 10.2 Å². The van der Waals surface area contributed by atoms with Crippen LogP contribution in [0, 0.1) is 0 Å². The second-order valence-corrected chi connectivity index (χ2v) is 6.39. The number of hydrogen-bond donors (Lipinski definition) is 2. The molecule has 0 atom stereocenters. The van der Waals surface area contributed by atoms with Crippen LogP contribution >= 0.6 is 0 Å². The van der Waals surface area contributed by atoms with Gasteiger partial charge in [-0.1, -0.05) is 18.2 Å². The fraction of sp³-hybridized carbons (Fsp3) is 0.211. The molecule has 2 aromatic carbocycles. The number of aryl methyl sites for hydroxylation is 2. The maximum absolute atomic E-state index is 12.2. The van der Waals surface area contributed by atoms with Crippen molar-refractivity contribution in [2.24, 2.45) is 7.05 Å². The van der Waals surface area contributed by atoms with Crippen molar-refractivity contribution in [1.82, 2.24) is 20.2 Å². The number of nitrogens with one attached hydrogen (secondary N) is 2. The molecule has 0 radical (unpaired) electrons. The third-order valence-electron chi connectivity index (χ3n) is 4.26. The summed E-state index contributed by atoms with van der Waals surface area (Å²) in [5.41, 5.74) is 3.15. The Labute approximate surface area is 160 Å². The monoisotopic (exact) mass is 378 g/mol. The molecule has 0 saturated heterocycles. The Morgan fingerprint density at radius 2 is 2.14 bits per heavy atom. The Kier molecular flexibility index (Phi) is 4.71. The molecule has 9 heteroatoms. The van der Waals surface area contributed by atoms with Crippen molar-refractivity contribution in [2.75, 3.05) is 17.2 Å². The molecular formula is C19H18N6O3. The van der Waals surface area contributed by atoms with Crippen LogP contribution < -0.4 is 15.4 Å². The molecule has 0 spiro atoms. The maximum atomic E-state index is 12.2. The summed E-state index contributed by atoms with van der Waals surface area (Å²) in [6.45, 7) is -0.152. The van der Waals surface area contributed by atoms with Gasteiger partial charge in [0.05, 0.1) is 7.05 Å². The summed E-state index contributed by atoms with van der Waals surface area (Å²) in [5, 5.41) is 17.5. The van der Waals surface area contributed by atoms with E-state index < -0.39 is 0 Å². The second kappa shape index (κ2) is 7.47. The van der Waals surface area contributed by atoms with Gasteiger partial charge in [0.15, 0.2) is 6.61 Å². The largest absolute Gasteiger partial charge is 0.484 e. The standard InChI is InChI=1S/C19H18N6O3/c1-25-23-19(22-24-25)13-3-2-4-14(9-13)20-18(27)11-28-15-7-5-12-6-8-17(26)21-16(12)10-15/h2-5,7,9-10H,6,8,11H2,1H3,(H,20,27)(H,21,26). The van der Waals surface area contributed by atoms with E-state index in [1.54, 1.807) is 37.4 Å². The Morgan fingerprint density at radius 3 is 2.96 bits per heavy atom. The number of aromatic nitrogens is 4. The van der Waals surface area contributed by atoms with E-state index in [0.29, 0.717) is 30.1 Å². The van der Waals surface area contributed by atoms with Crippen LogP contribution in [-0.4, -0.2) is 38.6 Å². The van der Waals surface area contributed by atoms with Crippen LogP contribution in [-0.2, 0) is 23.1 Å². The van der Waals surface area contributed by atoms with Gasteiger partial charge in [-0.2, -0.15) is 4.80 Å². The topological polar surface area (TPSA) is 111 Å². The summed E-state index contributed by atoms with van der Waals surface area (Å²) in [7, 11) is 1.69. The molecule has 4 rings (SSSR count). The third kappa shape index (κ3) is 3.98. The highest BCUT2D eigenvalue weighted by Gasteiger charge is 2.15. The van der Waals surface area contributed by atoms with Crippen molar-refractivity contribution >= 4 is 23.2 Å². The predicted octanol–water partition coefficient (Wildman–Crippen LogP) is 1.78. The first kappa shape index (κ1) is 17.7. The minimum Gasteiger partial charge on any atom is -0.484 e. The number of benzene rings is 2. The normalized spacial score (nSPS) is 12.8. The van der Waals surface area contributed by atoms with E-state index in [1.807, 2.05) is 12.1 Å². The molecule has 9 nitrogen and oxygen atoms in total. The summed E-state index contributed by atoms with van der Waals surface area (Å²) in [5.74, 6) is 0.686. The maximum Gasteiger partial charge on any atom is 0.262 e. The van der Waals surface area contributed by atoms with Gasteiger partial charge < -0.3 is 15.4 Å². The van der Waals surface area contributed by atoms with Crippen molar-refractivity contribution in [2.45, 2.75) is 12.8 Å². The van der Waals surface area contributed by atoms with Gasteiger partial charge in [0, 0.05) is 29.4 Å². The molecule has 2 heterocycles. The van der Waals surface area contributed by atoms with Crippen LogP contribution in [0.4, 0.5) is 11.4 Å². The van der Waals surface area contributed by atoms with E-state index in [4.69, 9.17) is 4.74 Å². The summed E-state index contributed by atoms with van der Waals surface area (Å²) in [6.07, 6.45) is 1.19. The van der Waals surface area contributed by atoms with Crippen molar-refractivity contribution in [3.63, 3.8) is 0 Å². The van der Waals surface area contributed by atoms with Gasteiger partial charge in [0.1, 0.15) is 5.75 Å². The lowest BCUT2D eigenvalue weighted by Gasteiger charge is -2.17. The highest BCUT2D eigenvalue weighted by molar-refractivity contribution is 5.94. The fourth-order valence-corrected chi connectivity index (χ4v) is 2.92. The van der Waals surface area contributed by atoms with Crippen LogP contribution in [0.25, 0.3) is 11.4 Å². The molecular weight excluding hydrogens is 360 g/mol. The first-order valence-electron chi connectivity index (χ1n) is 8.77. The summed E-state index contributed by atoms with van der Waals surface area (Å²) < 4.78 is 5.56. The first-order valence-corrected chi connectivity index (χ1v) is 8.77. The van der Waals surface area contributed by atoms with Gasteiger partial charge in [0.25, 0.3) is 5.91 Å². The van der Waals surface area contributed by atoms with Gasteiger partial charge >= 0.3 is 0 Å². The molecule has 0 bridgehead atoms. The number of carbonyl (C=O) groups is 2. The number of ether oxygens (including phenoxy) is 1. The summed E-state index contributed by atoms with van der Waals surface area (Å²) >= 11 is 0. The lowest BCUT2D eigenvalue weighted by Crippen LogP contribution is -2.21. The number of amides is 2. The highest BCUT2D eigenvalue weighted by atomic mass is 16.5. The van der Waals surface area contributed by atoms with Gasteiger partial charge in [-0.05, 0) is 35.4 Å². The lowest BCUT2D eigenvalue weighted by atomic mass is 10.0. The fourth-order valence-electron chi connectivity index (χ4n) is 2.92. The van der Waals surface area contributed by atoms with Crippen molar-refractivity contribution < 1.29 is 14.3 Å². The molecule has 0 aliphatic carbocycles. The van der Waals surface area contributed by atoms with Crippen LogP contribution in [0.2, 0.25) is 0 Å². The van der Waals surface area contributed by atoms with E-state index in [-0.39, 0.29) is 18.4 Å². The first-order chi connectivity index (χ1) is 13.6. The van der Waals surface area contributed by atoms with Gasteiger partial charge in [-0.3, -0.25) is 9.59 Å². The number of fused-ring (bicyclic) bond motifs is 1. The molecule has 28 heavy (non-hydrogen) atoms. The minimum atomic E-state index is -0.300. The van der Waals surface area contributed by atoms with Crippen LogP contribution in [0.15, 0.2) is 42.5 Å². The van der Waals surface area contributed by atoms with E-state index >= 15 is 0 Å². The number of tetrazole rings is 1. The molecule has 142 valence electrons. The quantitative estimate of drug-likeness (QED) is 0.700. The molecule has 0 saturated carbocycles. The van der Waals surface area contributed by atoms with E-state index in [0.717, 1.165) is 16.8 Å². The minimum absolute atomic E-state index is 0.0140. The average Bonchev–Trinajstić information content (AvgIpc) is 3.12. The molecule has 3 aromatic rings. The molecule has 0 fully saturated rings. The zero-order chi connectivity index (χ0) is 19.5. The third-order valence-corrected chi connectivity index (χ3v) is 4.26. The Bertz CT molecular complexity index is 1050. The Hall–Kier alpha value is -3.75. The van der Waals surface area contributed by atoms with Crippen LogP contribution in [0.3, 0.4) is 0 Å². The van der Waals surface area contributed by atoms with Gasteiger partial charge in [-0.25, -0.2) is 0 Å². The van der Waals surface area contributed by atoms with E-state index in [2.05, 4.69) is 26.0 Å². The predicted molar refractivity (Wildman–Crippen MR) is 102 cm³/mol. The molecule has 1 aliphatic heterocycles. The zero-order valence-corrected chi connectivity index (χ0v) is 15.2. The average molecular weight is 378 g/mol. The molecule has 0 unspecified atom stereocenters. The number of hydrogen-bond acceptors (Lipinski definition) is 6. The SMILES string of the molecule is Cn1nnc(-c2cccc(NC(=O)COc3ccc4c(c3)NC(=O)CC4)c2)n1. The second-order valence-electron chi connectivity index (χ2n) is 6.39. The van der Waals surface area contributed by atoms with E-state index in [1.165, 1.54) is 4.80 Å². The Balaban J connectivity index is 1.37. The molecule has 1 aromatic heterocycles. The zero-order valence-electron chi connectivity index (χ0n) is 15.2. The summed E-state index contributed by atoms with van der Waals surface area (Å²) in [4.78, 5) is 25.1. The number of carbonyl (C=O) groups excluding carboxylic acids is 2. The molecule has 1 aliphatic rings. The summed E-state index contributed by atoms with van der Waals surface area (Å²) in [6, 6.07) is 12.6. The number of rotatable bonds is 5. The van der Waals surface area contributed by atoms with Crippen LogP contribution in [0.5, 0.6) is 5.75 Å². The Morgan fingerprint density at radius 1 is 1.25 bits per heavy atom. The van der Waals surface area contributed by atoms with Crippen LogP contribution in [0.1, 0.15) is 12.0 Å². The van der Waals surface area contributed by atoms with Crippen molar-refractivity contribution in [3.8, 4) is 17.1 Å². The number of nitrogens with zero attached hydrogens (tertiary/aromatic N) is 4. The van der Waals surface area contributed by atoms with E-state index in [9.17, 15) is 9.59 Å². The van der Waals surface area contributed by atoms with Gasteiger partial charge in [0.2, 0.25) is 11.7 Å². The number of anilines is 2.